The van der Waals surface area contributed by atoms with E-state index < -0.39 is 0 Å². The zero-order valence-electron chi connectivity index (χ0n) is 12.2. The highest BCUT2D eigenvalue weighted by molar-refractivity contribution is 4.87. The van der Waals surface area contributed by atoms with Crippen LogP contribution in [0.4, 0.5) is 0 Å². The number of likely N-dealkylation sites (tertiary alicyclic amines) is 1. The van der Waals surface area contributed by atoms with E-state index in [-0.39, 0.29) is 0 Å². The molecule has 1 aliphatic heterocycles. The first-order valence-electron chi connectivity index (χ1n) is 8.40. The molecule has 19 heavy (non-hydrogen) atoms. The largest absolute Gasteiger partial charge is 0.396 e. The molecule has 110 valence electrons. The van der Waals surface area contributed by atoms with Gasteiger partial charge in [-0.1, -0.05) is 6.42 Å². The summed E-state index contributed by atoms with van der Waals surface area (Å²) >= 11 is 0. The van der Waals surface area contributed by atoms with Gasteiger partial charge in [0.05, 0.1) is 0 Å². The predicted octanol–water partition coefficient (Wildman–Crippen LogP) is 1.86. The third kappa shape index (κ3) is 4.17. The molecular formula is C16H30N2O. The molecule has 3 aliphatic rings. The zero-order chi connectivity index (χ0) is 13.1. The Morgan fingerprint density at radius 3 is 2.47 bits per heavy atom. The summed E-state index contributed by atoms with van der Waals surface area (Å²) in [6, 6.07) is 0.671. The van der Waals surface area contributed by atoms with Gasteiger partial charge in [-0.05, 0) is 62.8 Å². The van der Waals surface area contributed by atoms with Crippen molar-refractivity contribution in [3.05, 3.63) is 0 Å². The van der Waals surface area contributed by atoms with Gasteiger partial charge >= 0.3 is 0 Å². The molecule has 1 saturated heterocycles. The molecule has 3 fully saturated rings. The Kier molecular flexibility index (Phi) is 4.78. The topological polar surface area (TPSA) is 35.5 Å². The van der Waals surface area contributed by atoms with Crippen molar-refractivity contribution in [2.24, 2.45) is 17.8 Å². The minimum atomic E-state index is 0.358. The molecule has 2 unspecified atom stereocenters. The van der Waals surface area contributed by atoms with Crippen molar-refractivity contribution in [3.63, 3.8) is 0 Å². The lowest BCUT2D eigenvalue weighted by Gasteiger charge is -2.39. The Hall–Kier alpha value is -0.120. The van der Waals surface area contributed by atoms with E-state index in [1.54, 1.807) is 0 Å². The number of nitrogens with one attached hydrogen (secondary N) is 1. The van der Waals surface area contributed by atoms with Crippen LogP contribution in [-0.2, 0) is 0 Å². The average Bonchev–Trinajstić information content (AvgIpc) is 3.11. The fourth-order valence-electron chi connectivity index (χ4n) is 3.69. The van der Waals surface area contributed by atoms with Crippen molar-refractivity contribution in [1.29, 1.82) is 0 Å². The summed E-state index contributed by atoms with van der Waals surface area (Å²) in [4.78, 5) is 2.67. The molecule has 0 bridgehead atoms. The quantitative estimate of drug-likeness (QED) is 0.738. The van der Waals surface area contributed by atoms with Crippen LogP contribution >= 0.6 is 0 Å². The van der Waals surface area contributed by atoms with Crippen molar-refractivity contribution in [3.8, 4) is 0 Å². The molecule has 0 aromatic heterocycles. The maximum Gasteiger partial charge on any atom is 0.0434 e. The van der Waals surface area contributed by atoms with E-state index in [9.17, 15) is 5.11 Å². The summed E-state index contributed by atoms with van der Waals surface area (Å²) in [5, 5.41) is 13.0. The molecule has 1 heterocycles. The van der Waals surface area contributed by atoms with E-state index in [1.165, 1.54) is 64.7 Å². The lowest BCUT2D eigenvalue weighted by molar-refractivity contribution is 0.112. The van der Waals surface area contributed by atoms with Crippen LogP contribution in [0, 0.1) is 17.8 Å². The average molecular weight is 266 g/mol. The van der Waals surface area contributed by atoms with Gasteiger partial charge in [0, 0.05) is 32.3 Å². The van der Waals surface area contributed by atoms with E-state index in [4.69, 9.17) is 0 Å². The van der Waals surface area contributed by atoms with E-state index >= 15 is 0 Å². The third-order valence-corrected chi connectivity index (χ3v) is 5.28. The lowest BCUT2D eigenvalue weighted by Crippen LogP contribution is -2.51. The molecule has 0 aromatic rings. The predicted molar refractivity (Wildman–Crippen MR) is 78.1 cm³/mol. The van der Waals surface area contributed by atoms with Gasteiger partial charge in [-0.2, -0.15) is 0 Å². The van der Waals surface area contributed by atoms with Gasteiger partial charge < -0.3 is 15.3 Å². The van der Waals surface area contributed by atoms with E-state index in [2.05, 4.69) is 10.2 Å². The Bertz CT molecular complexity index is 276. The Labute approximate surface area is 117 Å². The molecule has 0 spiro atoms. The minimum Gasteiger partial charge on any atom is -0.396 e. The third-order valence-electron chi connectivity index (χ3n) is 5.28. The number of rotatable bonds is 7. The van der Waals surface area contributed by atoms with E-state index in [0.29, 0.717) is 18.6 Å². The molecule has 0 aromatic carbocycles. The summed E-state index contributed by atoms with van der Waals surface area (Å²) in [5.74, 6) is 2.65. The minimum absolute atomic E-state index is 0.358. The number of aliphatic hydroxyl groups excluding tert-OH is 1. The zero-order valence-corrected chi connectivity index (χ0v) is 12.2. The second-order valence-electron chi connectivity index (χ2n) is 7.18. The summed E-state index contributed by atoms with van der Waals surface area (Å²) in [6.45, 7) is 5.36. The van der Waals surface area contributed by atoms with Gasteiger partial charge in [0.2, 0.25) is 0 Å². The Morgan fingerprint density at radius 1 is 1.00 bits per heavy atom. The fourth-order valence-corrected chi connectivity index (χ4v) is 3.69. The van der Waals surface area contributed by atoms with Crippen LogP contribution in [0.3, 0.4) is 0 Å². The summed E-state index contributed by atoms with van der Waals surface area (Å²) in [7, 11) is 0. The molecular weight excluding hydrogens is 236 g/mol. The van der Waals surface area contributed by atoms with Crippen molar-refractivity contribution in [1.82, 2.24) is 10.2 Å². The molecule has 2 N–H and O–H groups in total. The Morgan fingerprint density at radius 2 is 1.84 bits per heavy atom. The van der Waals surface area contributed by atoms with Crippen LogP contribution in [0.1, 0.15) is 44.9 Å². The molecule has 3 rings (SSSR count). The normalized spacial score (nSPS) is 33.3. The van der Waals surface area contributed by atoms with Crippen molar-refractivity contribution in [2.75, 3.05) is 32.8 Å². The standard InChI is InChI=1S/C16H30N2O/c19-7-6-15-8-16(17-9-13-2-1-3-13)12-18(11-15)10-14-4-5-14/h13-17,19H,1-12H2. The van der Waals surface area contributed by atoms with E-state index in [0.717, 1.165) is 18.3 Å². The molecule has 0 amide bonds. The highest BCUT2D eigenvalue weighted by atomic mass is 16.3. The smallest absolute Gasteiger partial charge is 0.0434 e. The maximum absolute atomic E-state index is 9.21. The monoisotopic (exact) mass is 266 g/mol. The van der Waals surface area contributed by atoms with Gasteiger partial charge in [-0.3, -0.25) is 0 Å². The first-order valence-corrected chi connectivity index (χ1v) is 8.40. The van der Waals surface area contributed by atoms with Crippen molar-refractivity contribution < 1.29 is 5.11 Å². The molecule has 0 radical (unpaired) electrons. The number of hydrogen-bond acceptors (Lipinski definition) is 3. The first kappa shape index (κ1) is 13.8. The van der Waals surface area contributed by atoms with Crippen molar-refractivity contribution >= 4 is 0 Å². The SMILES string of the molecule is OCCC1CC(NCC2CCC2)CN(CC2CC2)C1. The van der Waals surface area contributed by atoms with Gasteiger partial charge in [-0.25, -0.2) is 0 Å². The summed E-state index contributed by atoms with van der Waals surface area (Å²) < 4.78 is 0. The molecule has 2 saturated carbocycles. The number of nitrogens with zero attached hydrogens (tertiary/aromatic N) is 1. The second kappa shape index (κ2) is 6.55. The van der Waals surface area contributed by atoms with Crippen molar-refractivity contribution in [2.45, 2.75) is 51.0 Å². The molecule has 3 heteroatoms. The van der Waals surface area contributed by atoms with Crippen LogP contribution in [-0.4, -0.2) is 48.8 Å². The van der Waals surface area contributed by atoms with Crippen LogP contribution in [0.25, 0.3) is 0 Å². The highest BCUT2D eigenvalue weighted by Gasteiger charge is 2.31. The van der Waals surface area contributed by atoms with E-state index in [1.807, 2.05) is 0 Å². The first-order chi connectivity index (χ1) is 9.33. The Balaban J connectivity index is 1.45. The van der Waals surface area contributed by atoms with Crippen LogP contribution in [0.5, 0.6) is 0 Å². The summed E-state index contributed by atoms with van der Waals surface area (Å²) in [6.07, 6.45) is 9.47. The maximum atomic E-state index is 9.21. The van der Waals surface area contributed by atoms with Crippen LogP contribution in [0.2, 0.25) is 0 Å². The van der Waals surface area contributed by atoms with Gasteiger partial charge in [0.25, 0.3) is 0 Å². The summed E-state index contributed by atoms with van der Waals surface area (Å²) in [5.41, 5.74) is 0. The molecule has 2 atom stereocenters. The van der Waals surface area contributed by atoms with Gasteiger partial charge in [-0.15, -0.1) is 0 Å². The highest BCUT2D eigenvalue weighted by Crippen LogP contribution is 2.32. The lowest BCUT2D eigenvalue weighted by atomic mass is 9.84. The van der Waals surface area contributed by atoms with Crippen LogP contribution in [0.15, 0.2) is 0 Å². The number of aliphatic hydroxyl groups is 1. The molecule has 3 nitrogen and oxygen atoms in total. The van der Waals surface area contributed by atoms with Crippen LogP contribution < -0.4 is 5.32 Å². The number of piperidine rings is 1. The molecule has 2 aliphatic carbocycles. The van der Waals surface area contributed by atoms with Gasteiger partial charge in [0.1, 0.15) is 0 Å². The number of hydrogen-bond donors (Lipinski definition) is 2. The second-order valence-corrected chi connectivity index (χ2v) is 7.18. The fraction of sp³-hybridized carbons (Fsp3) is 1.00. The van der Waals surface area contributed by atoms with Gasteiger partial charge in [0.15, 0.2) is 0 Å².